The Bertz CT molecular complexity index is 460. The standard InChI is InChI=1S/C17H25NO2/c1-2-18-15-6-3-5-12-11-13(9-10-14(12)15)20-17-8-4-7-16(17)19/h9-11,15-19H,2-8H2,1H3. The molecule has 0 bridgehead atoms. The van der Waals surface area contributed by atoms with E-state index in [-0.39, 0.29) is 12.2 Å². The monoisotopic (exact) mass is 275 g/mol. The molecule has 110 valence electrons. The van der Waals surface area contributed by atoms with Crippen molar-refractivity contribution in [2.45, 2.75) is 63.7 Å². The van der Waals surface area contributed by atoms with Gasteiger partial charge in [0.2, 0.25) is 0 Å². The van der Waals surface area contributed by atoms with Crippen molar-refractivity contribution >= 4 is 0 Å². The van der Waals surface area contributed by atoms with E-state index >= 15 is 0 Å². The van der Waals surface area contributed by atoms with Crippen molar-refractivity contribution in [3.05, 3.63) is 29.3 Å². The molecule has 1 aromatic carbocycles. The number of aryl methyl sites for hydroxylation is 1. The summed E-state index contributed by atoms with van der Waals surface area (Å²) in [5.41, 5.74) is 2.84. The summed E-state index contributed by atoms with van der Waals surface area (Å²) in [5, 5.41) is 13.4. The summed E-state index contributed by atoms with van der Waals surface area (Å²) in [6.45, 7) is 3.17. The van der Waals surface area contributed by atoms with Crippen LogP contribution in [0.3, 0.4) is 0 Å². The minimum atomic E-state index is -0.291. The van der Waals surface area contributed by atoms with Gasteiger partial charge in [-0.15, -0.1) is 0 Å². The molecule has 1 fully saturated rings. The fraction of sp³-hybridized carbons (Fsp3) is 0.647. The van der Waals surface area contributed by atoms with Gasteiger partial charge in [0, 0.05) is 6.04 Å². The van der Waals surface area contributed by atoms with Gasteiger partial charge in [0.05, 0.1) is 6.10 Å². The van der Waals surface area contributed by atoms with Crippen LogP contribution in [0.15, 0.2) is 18.2 Å². The first kappa shape index (κ1) is 13.9. The van der Waals surface area contributed by atoms with E-state index < -0.39 is 0 Å². The lowest BCUT2D eigenvalue weighted by Gasteiger charge is -2.27. The number of benzene rings is 1. The molecule has 2 aliphatic rings. The molecule has 0 aromatic heterocycles. The Labute approximate surface area is 121 Å². The van der Waals surface area contributed by atoms with Gasteiger partial charge in [0.15, 0.2) is 0 Å². The van der Waals surface area contributed by atoms with Gasteiger partial charge in [-0.25, -0.2) is 0 Å². The van der Waals surface area contributed by atoms with E-state index in [1.54, 1.807) is 0 Å². The molecule has 3 nitrogen and oxygen atoms in total. The van der Waals surface area contributed by atoms with Crippen molar-refractivity contribution in [1.82, 2.24) is 5.32 Å². The number of aliphatic hydroxyl groups is 1. The fourth-order valence-corrected chi connectivity index (χ4v) is 3.54. The van der Waals surface area contributed by atoms with Gasteiger partial charge in [-0.1, -0.05) is 13.0 Å². The maximum Gasteiger partial charge on any atom is 0.124 e. The summed E-state index contributed by atoms with van der Waals surface area (Å²) in [6.07, 6.45) is 6.21. The molecule has 0 aliphatic heterocycles. The van der Waals surface area contributed by atoms with Crippen molar-refractivity contribution in [1.29, 1.82) is 0 Å². The maximum atomic E-state index is 9.87. The third-order valence-corrected chi connectivity index (χ3v) is 4.58. The normalized spacial score (nSPS) is 29.2. The molecule has 0 heterocycles. The van der Waals surface area contributed by atoms with Crippen LogP contribution in [-0.4, -0.2) is 23.9 Å². The minimum absolute atomic E-state index is 0.0128. The number of hydrogen-bond acceptors (Lipinski definition) is 3. The lowest BCUT2D eigenvalue weighted by Crippen LogP contribution is -2.26. The number of ether oxygens (including phenoxy) is 1. The Morgan fingerprint density at radius 2 is 2.15 bits per heavy atom. The Balaban J connectivity index is 1.75. The van der Waals surface area contributed by atoms with Crippen LogP contribution < -0.4 is 10.1 Å². The summed E-state index contributed by atoms with van der Waals surface area (Å²) in [4.78, 5) is 0. The van der Waals surface area contributed by atoms with Crippen LogP contribution >= 0.6 is 0 Å². The van der Waals surface area contributed by atoms with Gasteiger partial charge in [0.25, 0.3) is 0 Å². The molecule has 0 radical (unpaired) electrons. The highest BCUT2D eigenvalue weighted by Crippen LogP contribution is 2.33. The highest BCUT2D eigenvalue weighted by molar-refractivity contribution is 5.39. The number of fused-ring (bicyclic) bond motifs is 1. The lowest BCUT2D eigenvalue weighted by molar-refractivity contribution is 0.0603. The summed E-state index contributed by atoms with van der Waals surface area (Å²) in [6, 6.07) is 6.96. The van der Waals surface area contributed by atoms with Gasteiger partial charge in [-0.2, -0.15) is 0 Å². The van der Waals surface area contributed by atoms with Crippen molar-refractivity contribution in [3.63, 3.8) is 0 Å². The smallest absolute Gasteiger partial charge is 0.124 e. The van der Waals surface area contributed by atoms with E-state index in [0.29, 0.717) is 6.04 Å². The molecule has 1 saturated carbocycles. The highest BCUT2D eigenvalue weighted by atomic mass is 16.5. The molecule has 1 aromatic rings. The van der Waals surface area contributed by atoms with E-state index in [4.69, 9.17) is 4.74 Å². The molecular formula is C17H25NO2. The Kier molecular flexibility index (Phi) is 4.27. The van der Waals surface area contributed by atoms with E-state index in [2.05, 4.69) is 30.4 Å². The summed E-state index contributed by atoms with van der Waals surface area (Å²) < 4.78 is 5.98. The van der Waals surface area contributed by atoms with Crippen LogP contribution in [-0.2, 0) is 6.42 Å². The molecule has 2 N–H and O–H groups in total. The molecular weight excluding hydrogens is 250 g/mol. The molecule has 3 rings (SSSR count). The van der Waals surface area contributed by atoms with Crippen molar-refractivity contribution in [2.24, 2.45) is 0 Å². The SMILES string of the molecule is CCNC1CCCc2cc(OC3CCCC3O)ccc21. The third kappa shape index (κ3) is 2.84. The molecule has 0 amide bonds. The second-order valence-electron chi connectivity index (χ2n) is 6.02. The number of rotatable bonds is 4. The second kappa shape index (κ2) is 6.15. The first-order chi connectivity index (χ1) is 9.78. The van der Waals surface area contributed by atoms with Crippen molar-refractivity contribution < 1.29 is 9.84 Å². The molecule has 0 spiro atoms. The molecule has 20 heavy (non-hydrogen) atoms. The van der Waals surface area contributed by atoms with Crippen LogP contribution in [0.1, 0.15) is 56.2 Å². The van der Waals surface area contributed by atoms with E-state index in [0.717, 1.165) is 38.0 Å². The topological polar surface area (TPSA) is 41.5 Å². The number of aliphatic hydroxyl groups excluding tert-OH is 1. The zero-order chi connectivity index (χ0) is 13.9. The fourth-order valence-electron chi connectivity index (χ4n) is 3.54. The predicted molar refractivity (Wildman–Crippen MR) is 80.1 cm³/mol. The zero-order valence-corrected chi connectivity index (χ0v) is 12.3. The first-order valence-corrected chi connectivity index (χ1v) is 7.99. The molecule has 0 saturated heterocycles. The lowest BCUT2D eigenvalue weighted by atomic mass is 9.87. The molecule has 3 atom stereocenters. The van der Waals surface area contributed by atoms with Crippen LogP contribution in [0.2, 0.25) is 0 Å². The average Bonchev–Trinajstić information content (AvgIpc) is 2.85. The largest absolute Gasteiger partial charge is 0.488 e. The van der Waals surface area contributed by atoms with Gasteiger partial charge in [-0.05, 0) is 68.3 Å². The number of nitrogens with one attached hydrogen (secondary N) is 1. The highest BCUT2D eigenvalue weighted by Gasteiger charge is 2.27. The van der Waals surface area contributed by atoms with Crippen molar-refractivity contribution in [2.75, 3.05) is 6.54 Å². The maximum absolute atomic E-state index is 9.87. The first-order valence-electron chi connectivity index (χ1n) is 7.99. The molecule has 3 heteroatoms. The Morgan fingerprint density at radius 3 is 2.90 bits per heavy atom. The van der Waals surface area contributed by atoms with Crippen molar-refractivity contribution in [3.8, 4) is 5.75 Å². The quantitative estimate of drug-likeness (QED) is 0.887. The summed E-state index contributed by atoms with van der Waals surface area (Å²) in [5.74, 6) is 0.923. The van der Waals surface area contributed by atoms with Crippen LogP contribution in [0, 0.1) is 0 Å². The van der Waals surface area contributed by atoms with Crippen LogP contribution in [0.5, 0.6) is 5.75 Å². The van der Waals surface area contributed by atoms with E-state index in [9.17, 15) is 5.11 Å². The average molecular weight is 275 g/mol. The van der Waals surface area contributed by atoms with Gasteiger partial charge in [0.1, 0.15) is 11.9 Å². The van der Waals surface area contributed by atoms with E-state index in [1.807, 2.05) is 0 Å². The second-order valence-corrected chi connectivity index (χ2v) is 6.02. The van der Waals surface area contributed by atoms with Gasteiger partial charge < -0.3 is 15.2 Å². The van der Waals surface area contributed by atoms with Gasteiger partial charge in [-0.3, -0.25) is 0 Å². The number of hydrogen-bond donors (Lipinski definition) is 2. The predicted octanol–water partition coefficient (Wildman–Crippen LogP) is 2.97. The van der Waals surface area contributed by atoms with Crippen LogP contribution in [0.4, 0.5) is 0 Å². The van der Waals surface area contributed by atoms with E-state index in [1.165, 1.54) is 24.0 Å². The third-order valence-electron chi connectivity index (χ3n) is 4.58. The minimum Gasteiger partial charge on any atom is -0.488 e. The Hall–Kier alpha value is -1.06. The molecule has 2 aliphatic carbocycles. The summed E-state index contributed by atoms with van der Waals surface area (Å²) in [7, 11) is 0. The summed E-state index contributed by atoms with van der Waals surface area (Å²) >= 11 is 0. The Morgan fingerprint density at radius 1 is 1.25 bits per heavy atom. The van der Waals surface area contributed by atoms with Crippen LogP contribution in [0.25, 0.3) is 0 Å². The molecule has 3 unspecified atom stereocenters. The zero-order valence-electron chi connectivity index (χ0n) is 12.3. The van der Waals surface area contributed by atoms with Gasteiger partial charge >= 0.3 is 0 Å².